The quantitative estimate of drug-likeness (QED) is 0.329. The van der Waals surface area contributed by atoms with Crippen molar-refractivity contribution in [2.45, 2.75) is 37.3 Å². The smallest absolute Gasteiger partial charge is 0.234 e. The number of benzene rings is 2. The molecule has 0 radical (unpaired) electrons. The molecule has 2 aromatic heterocycles. The van der Waals surface area contributed by atoms with Crippen molar-refractivity contribution in [3.8, 4) is 0 Å². The summed E-state index contributed by atoms with van der Waals surface area (Å²) in [6, 6.07) is 14.8. The topological polar surface area (TPSA) is 71.0 Å². The molecule has 2 aliphatic rings. The Morgan fingerprint density at radius 3 is 2.82 bits per heavy atom. The second kappa shape index (κ2) is 8.76. The first-order valence-electron chi connectivity index (χ1n) is 11.2. The van der Waals surface area contributed by atoms with Crippen LogP contribution in [-0.4, -0.2) is 33.2 Å². The Bertz CT molecular complexity index is 1350. The summed E-state index contributed by atoms with van der Waals surface area (Å²) in [6.45, 7) is 1.80. The van der Waals surface area contributed by atoms with Crippen LogP contribution >= 0.6 is 23.1 Å². The van der Waals surface area contributed by atoms with Crippen LogP contribution in [0.4, 0.5) is 10.8 Å². The molecule has 1 amide bonds. The predicted octanol–water partition coefficient (Wildman–Crippen LogP) is 4.87. The molecule has 6 nitrogen and oxygen atoms in total. The van der Waals surface area contributed by atoms with E-state index in [1.54, 1.807) is 11.3 Å². The monoisotopic (exact) mass is 473 g/mol. The molecule has 166 valence electrons. The van der Waals surface area contributed by atoms with Gasteiger partial charge in [0.05, 0.1) is 5.75 Å². The summed E-state index contributed by atoms with van der Waals surface area (Å²) in [5.41, 5.74) is 7.11. The van der Waals surface area contributed by atoms with Crippen molar-refractivity contribution >= 4 is 50.2 Å². The summed E-state index contributed by atoms with van der Waals surface area (Å²) >= 11 is 3.05. The molecule has 0 saturated carbocycles. The van der Waals surface area contributed by atoms with Gasteiger partial charge in [0.1, 0.15) is 16.1 Å². The van der Waals surface area contributed by atoms with Gasteiger partial charge in [0.15, 0.2) is 10.8 Å². The lowest BCUT2D eigenvalue weighted by atomic mass is 10.0. The Kier molecular flexibility index (Phi) is 5.47. The minimum atomic E-state index is -0.0258. The van der Waals surface area contributed by atoms with Crippen molar-refractivity contribution in [3.05, 3.63) is 71.0 Å². The normalized spacial score (nSPS) is 14.8. The Balaban J connectivity index is 1.15. The number of hydrogen-bond acceptors (Lipinski definition) is 7. The second-order valence-corrected chi connectivity index (χ2v) is 10.4. The van der Waals surface area contributed by atoms with Gasteiger partial charge in [0.25, 0.3) is 0 Å². The Morgan fingerprint density at radius 2 is 1.88 bits per heavy atom. The lowest BCUT2D eigenvalue weighted by Crippen LogP contribution is -2.30. The van der Waals surface area contributed by atoms with Gasteiger partial charge in [-0.2, -0.15) is 4.98 Å². The SMILES string of the molecule is O=C(CSc1ncnc2nc(N3CCc4ccccc4C3)sc12)Nc1ccc2c(c1)CCC2. The molecule has 0 saturated heterocycles. The van der Waals surface area contributed by atoms with E-state index >= 15 is 0 Å². The molecule has 8 heteroatoms. The van der Waals surface area contributed by atoms with Gasteiger partial charge < -0.3 is 10.2 Å². The molecule has 1 aliphatic carbocycles. The maximum Gasteiger partial charge on any atom is 0.234 e. The van der Waals surface area contributed by atoms with Gasteiger partial charge in [-0.3, -0.25) is 4.79 Å². The number of thiazole rings is 1. The zero-order chi connectivity index (χ0) is 22.2. The van der Waals surface area contributed by atoms with Crippen LogP contribution in [0.15, 0.2) is 53.8 Å². The number of rotatable bonds is 5. The molecule has 6 rings (SSSR count). The lowest BCUT2D eigenvalue weighted by Gasteiger charge is -2.28. The fraction of sp³-hybridized carbons (Fsp3) is 0.280. The number of nitrogens with zero attached hydrogens (tertiary/aromatic N) is 4. The molecule has 1 aliphatic heterocycles. The largest absolute Gasteiger partial charge is 0.343 e. The van der Waals surface area contributed by atoms with Crippen LogP contribution < -0.4 is 10.2 Å². The average Bonchev–Trinajstić information content (AvgIpc) is 3.49. The third-order valence-electron chi connectivity index (χ3n) is 6.27. The van der Waals surface area contributed by atoms with Crippen LogP contribution in [0.5, 0.6) is 0 Å². The fourth-order valence-electron chi connectivity index (χ4n) is 4.60. The molecule has 2 aromatic carbocycles. The van der Waals surface area contributed by atoms with Crippen molar-refractivity contribution < 1.29 is 4.79 Å². The zero-order valence-electron chi connectivity index (χ0n) is 18.1. The van der Waals surface area contributed by atoms with E-state index in [9.17, 15) is 4.79 Å². The number of fused-ring (bicyclic) bond motifs is 3. The third kappa shape index (κ3) is 4.20. The standard InChI is InChI=1S/C25H23N5OS2/c31-21(28-20-9-8-16-6-3-7-18(16)12-20)14-32-24-22-23(26-15-27-24)29-25(33-22)30-11-10-17-4-1-2-5-19(17)13-30/h1-2,4-5,8-9,12,15H,3,6-7,10-11,13-14H2,(H,28,31). The highest BCUT2D eigenvalue weighted by Crippen LogP contribution is 2.35. The van der Waals surface area contributed by atoms with E-state index in [1.807, 2.05) is 6.07 Å². The van der Waals surface area contributed by atoms with E-state index in [1.165, 1.54) is 46.8 Å². The van der Waals surface area contributed by atoms with E-state index in [0.29, 0.717) is 11.4 Å². The van der Waals surface area contributed by atoms with Crippen molar-refractivity contribution in [2.75, 3.05) is 22.5 Å². The van der Waals surface area contributed by atoms with Crippen molar-refractivity contribution in [1.29, 1.82) is 0 Å². The minimum Gasteiger partial charge on any atom is -0.343 e. The summed E-state index contributed by atoms with van der Waals surface area (Å²) in [6.07, 6.45) is 6.00. The summed E-state index contributed by atoms with van der Waals surface area (Å²) in [7, 11) is 0. The predicted molar refractivity (Wildman–Crippen MR) is 134 cm³/mol. The first-order valence-corrected chi connectivity index (χ1v) is 13.0. The van der Waals surface area contributed by atoms with E-state index in [4.69, 9.17) is 4.98 Å². The number of hydrogen-bond donors (Lipinski definition) is 1. The van der Waals surface area contributed by atoms with E-state index in [0.717, 1.165) is 52.9 Å². The summed E-state index contributed by atoms with van der Waals surface area (Å²) in [5, 5.41) is 4.81. The van der Waals surface area contributed by atoms with Gasteiger partial charge in [-0.05, 0) is 60.1 Å². The third-order valence-corrected chi connectivity index (χ3v) is 8.50. The molecule has 1 N–H and O–H groups in total. The van der Waals surface area contributed by atoms with E-state index in [-0.39, 0.29) is 5.91 Å². The molecule has 0 spiro atoms. The average molecular weight is 474 g/mol. The number of amides is 1. The van der Waals surface area contributed by atoms with Crippen LogP contribution in [0.3, 0.4) is 0 Å². The molecular weight excluding hydrogens is 450 g/mol. The number of carbonyl (C=O) groups excluding carboxylic acids is 1. The van der Waals surface area contributed by atoms with Gasteiger partial charge in [0.2, 0.25) is 5.91 Å². The van der Waals surface area contributed by atoms with Gasteiger partial charge >= 0.3 is 0 Å². The highest BCUT2D eigenvalue weighted by atomic mass is 32.2. The highest BCUT2D eigenvalue weighted by Gasteiger charge is 2.21. The Hall–Kier alpha value is -2.97. The molecule has 4 aromatic rings. The number of aryl methyl sites for hydroxylation is 2. The van der Waals surface area contributed by atoms with Gasteiger partial charge in [-0.25, -0.2) is 9.97 Å². The van der Waals surface area contributed by atoms with Gasteiger partial charge in [-0.15, -0.1) is 0 Å². The highest BCUT2D eigenvalue weighted by molar-refractivity contribution is 8.00. The molecule has 0 fully saturated rings. The van der Waals surface area contributed by atoms with Crippen molar-refractivity contribution in [2.24, 2.45) is 0 Å². The maximum absolute atomic E-state index is 12.6. The first kappa shape index (κ1) is 20.6. The summed E-state index contributed by atoms with van der Waals surface area (Å²) in [5.74, 6) is 0.273. The molecular formula is C25H23N5OS2. The Morgan fingerprint density at radius 1 is 1.03 bits per heavy atom. The van der Waals surface area contributed by atoms with Crippen LogP contribution in [0, 0.1) is 0 Å². The Labute approximate surface area is 200 Å². The number of thioether (sulfide) groups is 1. The van der Waals surface area contributed by atoms with Gasteiger partial charge in [-0.1, -0.05) is 53.4 Å². The number of nitrogens with one attached hydrogen (secondary N) is 1. The number of anilines is 2. The lowest BCUT2D eigenvalue weighted by molar-refractivity contribution is -0.113. The number of carbonyl (C=O) groups is 1. The fourth-order valence-corrected chi connectivity index (χ4v) is 6.52. The summed E-state index contributed by atoms with van der Waals surface area (Å²) in [4.78, 5) is 28.5. The van der Waals surface area contributed by atoms with Crippen LogP contribution in [-0.2, 0) is 30.6 Å². The molecule has 0 unspecified atom stereocenters. The molecule has 0 bridgehead atoms. The van der Waals surface area contributed by atoms with Crippen molar-refractivity contribution in [3.63, 3.8) is 0 Å². The van der Waals surface area contributed by atoms with Crippen LogP contribution in [0.2, 0.25) is 0 Å². The van der Waals surface area contributed by atoms with Crippen LogP contribution in [0.1, 0.15) is 28.7 Å². The molecule has 33 heavy (non-hydrogen) atoms. The van der Waals surface area contributed by atoms with E-state index < -0.39 is 0 Å². The van der Waals surface area contributed by atoms with E-state index in [2.05, 4.69) is 56.6 Å². The first-order chi connectivity index (χ1) is 16.2. The molecule has 3 heterocycles. The van der Waals surface area contributed by atoms with Crippen molar-refractivity contribution in [1.82, 2.24) is 15.0 Å². The van der Waals surface area contributed by atoms with Crippen LogP contribution in [0.25, 0.3) is 10.3 Å². The maximum atomic E-state index is 12.6. The molecule has 0 atom stereocenters. The second-order valence-electron chi connectivity index (χ2n) is 8.44. The number of aromatic nitrogens is 3. The van der Waals surface area contributed by atoms with Gasteiger partial charge in [0, 0.05) is 18.8 Å². The summed E-state index contributed by atoms with van der Waals surface area (Å²) < 4.78 is 0.946. The minimum absolute atomic E-state index is 0.0258. The zero-order valence-corrected chi connectivity index (χ0v) is 19.7.